The molecule has 0 rings (SSSR count). The fraction of sp³-hybridized carbons (Fsp3) is 0.750. The maximum Gasteiger partial charge on any atom is 0.153 e. The van der Waals surface area contributed by atoms with Gasteiger partial charge in [0.05, 0.1) is 11.5 Å². The van der Waals surface area contributed by atoms with Crippen molar-refractivity contribution in [3.63, 3.8) is 0 Å². The Labute approximate surface area is 74.6 Å². The molecule has 0 amide bonds. The molecule has 0 atom stereocenters. The molecule has 0 aromatic heterocycles. The molecule has 0 aliphatic rings. The summed E-state index contributed by atoms with van der Waals surface area (Å²) >= 11 is 0. The van der Waals surface area contributed by atoms with Crippen molar-refractivity contribution in [3.8, 4) is 0 Å². The van der Waals surface area contributed by atoms with Crippen molar-refractivity contribution in [2.45, 2.75) is 20.3 Å². The highest BCUT2D eigenvalue weighted by Gasteiger charge is 2.05. The molecule has 4 heteroatoms. The first-order valence-corrected chi connectivity index (χ1v) is 5.90. The molecule has 0 spiro atoms. The lowest BCUT2D eigenvalue weighted by Crippen LogP contribution is -2.10. The first kappa shape index (κ1) is 11.6. The molecule has 72 valence electrons. The predicted octanol–water partition coefficient (Wildman–Crippen LogP) is 0.716. The van der Waals surface area contributed by atoms with E-state index in [0.717, 1.165) is 5.57 Å². The zero-order valence-corrected chi connectivity index (χ0v) is 8.52. The van der Waals surface area contributed by atoms with Crippen molar-refractivity contribution in [1.82, 2.24) is 0 Å². The molecule has 2 N–H and O–H groups in total. The Balaban J connectivity index is 4.09. The van der Waals surface area contributed by atoms with Gasteiger partial charge >= 0.3 is 0 Å². The van der Waals surface area contributed by atoms with Crippen LogP contribution in [0, 0.1) is 0 Å². The van der Waals surface area contributed by atoms with Crippen molar-refractivity contribution in [2.75, 3.05) is 18.1 Å². The Hall–Kier alpha value is -0.350. The van der Waals surface area contributed by atoms with Crippen LogP contribution in [0.5, 0.6) is 0 Å². The number of sulfone groups is 1. The molecule has 12 heavy (non-hydrogen) atoms. The SMILES string of the molecule is CCCS(=O)(=O)C/C=C(/C)CN. The van der Waals surface area contributed by atoms with E-state index >= 15 is 0 Å². The van der Waals surface area contributed by atoms with E-state index in [0.29, 0.717) is 13.0 Å². The fourth-order valence-electron chi connectivity index (χ4n) is 0.747. The highest BCUT2D eigenvalue weighted by molar-refractivity contribution is 7.91. The van der Waals surface area contributed by atoms with Crippen molar-refractivity contribution < 1.29 is 8.42 Å². The number of nitrogens with two attached hydrogens (primary N) is 1. The van der Waals surface area contributed by atoms with E-state index in [1.165, 1.54) is 0 Å². The molecule has 0 aromatic rings. The van der Waals surface area contributed by atoms with Gasteiger partial charge in [0.1, 0.15) is 0 Å². The number of rotatable bonds is 5. The Bertz CT molecular complexity index is 242. The Kier molecular flexibility index (Phi) is 5.17. The van der Waals surface area contributed by atoms with Crippen LogP contribution in [0.1, 0.15) is 20.3 Å². The van der Waals surface area contributed by atoms with Gasteiger partial charge in [-0.3, -0.25) is 0 Å². The van der Waals surface area contributed by atoms with Crippen LogP contribution in [-0.4, -0.2) is 26.5 Å². The second-order valence-corrected chi connectivity index (χ2v) is 5.10. The van der Waals surface area contributed by atoms with Gasteiger partial charge in [-0.05, 0) is 13.3 Å². The minimum atomic E-state index is -2.87. The molecule has 0 saturated carbocycles. The van der Waals surface area contributed by atoms with Gasteiger partial charge in [-0.2, -0.15) is 0 Å². The number of hydrogen-bond donors (Lipinski definition) is 1. The van der Waals surface area contributed by atoms with E-state index in [4.69, 9.17) is 5.73 Å². The Morgan fingerprint density at radius 3 is 2.50 bits per heavy atom. The molecule has 0 aromatic carbocycles. The van der Waals surface area contributed by atoms with E-state index in [1.807, 2.05) is 13.8 Å². The van der Waals surface area contributed by atoms with Crippen LogP contribution in [0.3, 0.4) is 0 Å². The quantitative estimate of drug-likeness (QED) is 0.651. The van der Waals surface area contributed by atoms with E-state index < -0.39 is 9.84 Å². The van der Waals surface area contributed by atoms with Crippen molar-refractivity contribution in [1.29, 1.82) is 0 Å². The summed E-state index contributed by atoms with van der Waals surface area (Å²) in [5.74, 6) is 0.394. The molecule has 0 radical (unpaired) electrons. The zero-order chi connectivity index (χ0) is 9.61. The zero-order valence-electron chi connectivity index (χ0n) is 7.71. The second-order valence-electron chi connectivity index (χ2n) is 2.87. The summed E-state index contributed by atoms with van der Waals surface area (Å²) in [6.07, 6.45) is 2.36. The van der Waals surface area contributed by atoms with Crippen LogP contribution in [0.4, 0.5) is 0 Å². The largest absolute Gasteiger partial charge is 0.327 e. The summed E-state index contributed by atoms with van der Waals surface area (Å²) in [4.78, 5) is 0. The molecular weight excluding hydrogens is 174 g/mol. The summed E-state index contributed by atoms with van der Waals surface area (Å²) < 4.78 is 22.3. The highest BCUT2D eigenvalue weighted by atomic mass is 32.2. The minimum absolute atomic E-state index is 0.129. The monoisotopic (exact) mass is 191 g/mol. The van der Waals surface area contributed by atoms with Crippen LogP contribution >= 0.6 is 0 Å². The fourth-order valence-corrected chi connectivity index (χ4v) is 2.07. The summed E-state index contributed by atoms with van der Waals surface area (Å²) in [7, 11) is -2.87. The molecule has 0 aliphatic carbocycles. The normalized spacial score (nSPS) is 13.4. The molecular formula is C8H17NO2S. The Morgan fingerprint density at radius 2 is 2.08 bits per heavy atom. The van der Waals surface area contributed by atoms with Gasteiger partial charge in [-0.1, -0.05) is 18.6 Å². The second kappa shape index (κ2) is 5.32. The van der Waals surface area contributed by atoms with E-state index in [-0.39, 0.29) is 11.5 Å². The van der Waals surface area contributed by atoms with Gasteiger partial charge in [0, 0.05) is 6.54 Å². The third-order valence-electron chi connectivity index (χ3n) is 1.52. The van der Waals surface area contributed by atoms with Crippen LogP contribution in [0.2, 0.25) is 0 Å². The topological polar surface area (TPSA) is 60.2 Å². The van der Waals surface area contributed by atoms with E-state index in [9.17, 15) is 8.42 Å². The first-order valence-electron chi connectivity index (χ1n) is 4.08. The maximum atomic E-state index is 11.2. The number of hydrogen-bond acceptors (Lipinski definition) is 3. The molecule has 3 nitrogen and oxygen atoms in total. The lowest BCUT2D eigenvalue weighted by Gasteiger charge is -1.98. The van der Waals surface area contributed by atoms with Crippen LogP contribution in [0.15, 0.2) is 11.6 Å². The summed E-state index contributed by atoms with van der Waals surface area (Å²) in [6.45, 7) is 4.13. The third-order valence-corrected chi connectivity index (χ3v) is 3.23. The van der Waals surface area contributed by atoms with Gasteiger partial charge < -0.3 is 5.73 Å². The lowest BCUT2D eigenvalue weighted by molar-refractivity contribution is 0.597. The average Bonchev–Trinajstić information content (AvgIpc) is 2.00. The van der Waals surface area contributed by atoms with Gasteiger partial charge in [0.25, 0.3) is 0 Å². The summed E-state index contributed by atoms with van der Waals surface area (Å²) in [5.41, 5.74) is 6.24. The molecule has 0 unspecified atom stereocenters. The predicted molar refractivity (Wildman–Crippen MR) is 51.8 cm³/mol. The highest BCUT2D eigenvalue weighted by Crippen LogP contribution is 1.97. The van der Waals surface area contributed by atoms with Gasteiger partial charge in [-0.15, -0.1) is 0 Å². The van der Waals surface area contributed by atoms with Crippen molar-refractivity contribution >= 4 is 9.84 Å². The smallest absolute Gasteiger partial charge is 0.153 e. The standard InChI is InChI=1S/C8H17NO2S/c1-3-5-12(10,11)6-4-8(2)7-9/h4H,3,5-7,9H2,1-2H3/b8-4-. The molecule has 0 saturated heterocycles. The minimum Gasteiger partial charge on any atom is -0.327 e. The van der Waals surface area contributed by atoms with Crippen LogP contribution in [-0.2, 0) is 9.84 Å². The van der Waals surface area contributed by atoms with E-state index in [1.54, 1.807) is 6.08 Å². The molecule has 0 heterocycles. The van der Waals surface area contributed by atoms with Crippen molar-refractivity contribution in [3.05, 3.63) is 11.6 Å². The van der Waals surface area contributed by atoms with Gasteiger partial charge in [0.2, 0.25) is 0 Å². The van der Waals surface area contributed by atoms with Gasteiger partial charge in [-0.25, -0.2) is 8.42 Å². The lowest BCUT2D eigenvalue weighted by atomic mass is 10.3. The molecule has 0 fully saturated rings. The average molecular weight is 191 g/mol. The van der Waals surface area contributed by atoms with E-state index in [2.05, 4.69) is 0 Å². The molecule has 0 aliphatic heterocycles. The summed E-state index contributed by atoms with van der Waals surface area (Å²) in [6, 6.07) is 0. The maximum absolute atomic E-state index is 11.2. The molecule has 0 bridgehead atoms. The first-order chi connectivity index (χ1) is 5.52. The van der Waals surface area contributed by atoms with Crippen LogP contribution < -0.4 is 5.73 Å². The van der Waals surface area contributed by atoms with Gasteiger partial charge in [0.15, 0.2) is 9.84 Å². The van der Waals surface area contributed by atoms with Crippen LogP contribution in [0.25, 0.3) is 0 Å². The Morgan fingerprint density at radius 1 is 1.50 bits per heavy atom. The summed E-state index contributed by atoms with van der Waals surface area (Å²) in [5, 5.41) is 0. The van der Waals surface area contributed by atoms with Crippen molar-refractivity contribution in [2.24, 2.45) is 5.73 Å². The third kappa shape index (κ3) is 5.32.